The fourth-order valence-corrected chi connectivity index (χ4v) is 2.84. The zero-order valence-electron chi connectivity index (χ0n) is 12.7. The van der Waals surface area contributed by atoms with E-state index >= 15 is 0 Å². The zero-order chi connectivity index (χ0) is 15.5. The lowest BCUT2D eigenvalue weighted by Crippen LogP contribution is -2.30. The standard InChI is InChI=1S/C13H24N4O2S/c1-10(9-16(2)3)15-13-7-6-11(8-12(13)14)20(18,19)17(4)5/h6-8,10,15H,9,14H2,1-5H3. The maximum atomic E-state index is 12.0. The molecule has 1 unspecified atom stereocenters. The lowest BCUT2D eigenvalue weighted by molar-refractivity contribution is 0.392. The Morgan fingerprint density at radius 2 is 1.85 bits per heavy atom. The first-order chi connectivity index (χ1) is 9.14. The molecule has 1 atom stereocenters. The van der Waals surface area contributed by atoms with Gasteiger partial charge in [-0.25, -0.2) is 12.7 Å². The first kappa shape index (κ1) is 16.7. The molecule has 6 nitrogen and oxygen atoms in total. The Morgan fingerprint density at radius 3 is 2.30 bits per heavy atom. The predicted molar refractivity (Wildman–Crippen MR) is 83.4 cm³/mol. The second-order valence-corrected chi connectivity index (χ2v) is 7.50. The van der Waals surface area contributed by atoms with E-state index in [2.05, 4.69) is 10.2 Å². The number of likely N-dealkylation sites (N-methyl/N-ethyl adjacent to an activating group) is 1. The first-order valence-corrected chi connectivity index (χ1v) is 7.82. The smallest absolute Gasteiger partial charge is 0.242 e. The number of nitrogen functional groups attached to an aromatic ring is 1. The van der Waals surface area contributed by atoms with Gasteiger partial charge in [0.05, 0.1) is 16.3 Å². The SMILES string of the molecule is CC(CN(C)C)Nc1ccc(S(=O)(=O)N(C)C)cc1N. The van der Waals surface area contributed by atoms with Gasteiger partial charge in [0.2, 0.25) is 10.0 Å². The minimum absolute atomic E-state index is 0.200. The number of nitrogens with two attached hydrogens (primary N) is 1. The molecular weight excluding hydrogens is 276 g/mol. The van der Waals surface area contributed by atoms with E-state index in [1.807, 2.05) is 21.0 Å². The summed E-state index contributed by atoms with van der Waals surface area (Å²) in [5, 5.41) is 3.27. The van der Waals surface area contributed by atoms with Gasteiger partial charge in [-0.3, -0.25) is 0 Å². The number of hydrogen-bond acceptors (Lipinski definition) is 5. The maximum absolute atomic E-state index is 12.0. The van der Waals surface area contributed by atoms with Gasteiger partial charge in [0, 0.05) is 26.7 Å². The van der Waals surface area contributed by atoms with Crippen LogP contribution < -0.4 is 11.1 Å². The average molecular weight is 300 g/mol. The highest BCUT2D eigenvalue weighted by atomic mass is 32.2. The van der Waals surface area contributed by atoms with Gasteiger partial charge in [0.25, 0.3) is 0 Å². The summed E-state index contributed by atoms with van der Waals surface area (Å²) in [5.41, 5.74) is 7.11. The summed E-state index contributed by atoms with van der Waals surface area (Å²) in [6.45, 7) is 2.90. The van der Waals surface area contributed by atoms with Crippen LogP contribution >= 0.6 is 0 Å². The minimum atomic E-state index is -3.45. The first-order valence-electron chi connectivity index (χ1n) is 6.38. The van der Waals surface area contributed by atoms with E-state index < -0.39 is 10.0 Å². The molecule has 114 valence electrons. The Balaban J connectivity index is 2.95. The highest BCUT2D eigenvalue weighted by Gasteiger charge is 2.18. The number of nitrogens with one attached hydrogen (secondary N) is 1. The molecule has 0 aliphatic carbocycles. The zero-order valence-corrected chi connectivity index (χ0v) is 13.5. The summed E-state index contributed by atoms with van der Waals surface area (Å²) in [5.74, 6) is 0. The van der Waals surface area contributed by atoms with E-state index in [1.54, 1.807) is 12.1 Å². The van der Waals surface area contributed by atoms with Crippen molar-refractivity contribution in [1.82, 2.24) is 9.21 Å². The molecule has 0 aliphatic heterocycles. The molecule has 0 amide bonds. The lowest BCUT2D eigenvalue weighted by Gasteiger charge is -2.21. The largest absolute Gasteiger partial charge is 0.397 e. The molecule has 0 saturated heterocycles. The molecule has 0 radical (unpaired) electrons. The van der Waals surface area contributed by atoms with Crippen molar-refractivity contribution in [3.8, 4) is 0 Å². The van der Waals surface area contributed by atoms with Gasteiger partial charge in [-0.2, -0.15) is 0 Å². The number of hydrogen-bond donors (Lipinski definition) is 2. The van der Waals surface area contributed by atoms with E-state index in [0.29, 0.717) is 5.69 Å². The lowest BCUT2D eigenvalue weighted by atomic mass is 10.2. The minimum Gasteiger partial charge on any atom is -0.397 e. The number of rotatable bonds is 6. The molecule has 0 fully saturated rings. The maximum Gasteiger partial charge on any atom is 0.242 e. The normalized spacial score (nSPS) is 13.8. The van der Waals surface area contributed by atoms with Crippen LogP contribution in [0.2, 0.25) is 0 Å². The van der Waals surface area contributed by atoms with Crippen molar-refractivity contribution in [2.45, 2.75) is 17.9 Å². The van der Waals surface area contributed by atoms with Gasteiger partial charge in [-0.15, -0.1) is 0 Å². The van der Waals surface area contributed by atoms with Gasteiger partial charge in [-0.1, -0.05) is 0 Å². The third-order valence-electron chi connectivity index (χ3n) is 2.84. The van der Waals surface area contributed by atoms with Crippen molar-refractivity contribution in [3.05, 3.63) is 18.2 Å². The van der Waals surface area contributed by atoms with Crippen molar-refractivity contribution >= 4 is 21.4 Å². The Bertz CT molecular complexity index is 555. The summed E-state index contributed by atoms with van der Waals surface area (Å²) >= 11 is 0. The van der Waals surface area contributed by atoms with Crippen LogP contribution in [0.15, 0.2) is 23.1 Å². The predicted octanol–water partition coefficient (Wildman–Crippen LogP) is 0.881. The van der Waals surface area contributed by atoms with Crippen LogP contribution in [0, 0.1) is 0 Å². The number of anilines is 2. The van der Waals surface area contributed by atoms with Crippen LogP contribution in [0.3, 0.4) is 0 Å². The van der Waals surface area contributed by atoms with Gasteiger partial charge in [0.1, 0.15) is 0 Å². The fourth-order valence-electron chi connectivity index (χ4n) is 1.90. The van der Waals surface area contributed by atoms with E-state index in [1.165, 1.54) is 24.5 Å². The molecule has 0 spiro atoms. The highest BCUT2D eigenvalue weighted by Crippen LogP contribution is 2.24. The molecule has 0 aromatic heterocycles. The molecule has 7 heteroatoms. The molecule has 0 saturated carbocycles. The fraction of sp³-hybridized carbons (Fsp3) is 0.538. The van der Waals surface area contributed by atoms with Crippen LogP contribution in [-0.4, -0.2) is 58.4 Å². The Hall–Kier alpha value is -1.31. The molecule has 1 rings (SSSR count). The number of benzene rings is 1. The Kier molecular flexibility index (Phi) is 5.38. The van der Waals surface area contributed by atoms with E-state index in [9.17, 15) is 8.42 Å². The summed E-state index contributed by atoms with van der Waals surface area (Å²) in [6.07, 6.45) is 0. The van der Waals surface area contributed by atoms with Crippen molar-refractivity contribution in [1.29, 1.82) is 0 Å². The second kappa shape index (κ2) is 6.43. The monoisotopic (exact) mass is 300 g/mol. The van der Waals surface area contributed by atoms with Gasteiger partial charge >= 0.3 is 0 Å². The third kappa shape index (κ3) is 4.09. The summed E-state index contributed by atoms with van der Waals surface area (Å²) in [6, 6.07) is 4.97. The van der Waals surface area contributed by atoms with Crippen LogP contribution in [0.25, 0.3) is 0 Å². The molecular formula is C13H24N4O2S. The Morgan fingerprint density at radius 1 is 1.25 bits per heavy atom. The molecule has 3 N–H and O–H groups in total. The van der Waals surface area contributed by atoms with E-state index in [4.69, 9.17) is 5.73 Å². The van der Waals surface area contributed by atoms with Gasteiger partial charge in [0.15, 0.2) is 0 Å². The Labute approximate surface area is 121 Å². The van der Waals surface area contributed by atoms with E-state index in [-0.39, 0.29) is 10.9 Å². The quantitative estimate of drug-likeness (QED) is 0.763. The summed E-state index contributed by atoms with van der Waals surface area (Å²) < 4.78 is 25.2. The molecule has 1 aromatic carbocycles. The van der Waals surface area contributed by atoms with Gasteiger partial charge in [-0.05, 0) is 39.2 Å². The van der Waals surface area contributed by atoms with Crippen LogP contribution in [0.1, 0.15) is 6.92 Å². The number of sulfonamides is 1. The van der Waals surface area contributed by atoms with Gasteiger partial charge < -0.3 is 16.0 Å². The summed E-state index contributed by atoms with van der Waals surface area (Å²) in [4.78, 5) is 2.27. The molecule has 0 heterocycles. The summed E-state index contributed by atoms with van der Waals surface area (Å²) in [7, 11) is 3.54. The van der Waals surface area contributed by atoms with Crippen molar-refractivity contribution < 1.29 is 8.42 Å². The number of nitrogens with zero attached hydrogens (tertiary/aromatic N) is 2. The average Bonchev–Trinajstić information content (AvgIpc) is 2.30. The van der Waals surface area contributed by atoms with Crippen molar-refractivity contribution in [3.63, 3.8) is 0 Å². The molecule has 0 aliphatic rings. The molecule has 20 heavy (non-hydrogen) atoms. The second-order valence-electron chi connectivity index (χ2n) is 5.34. The molecule has 0 bridgehead atoms. The van der Waals surface area contributed by atoms with E-state index in [0.717, 1.165) is 12.2 Å². The van der Waals surface area contributed by atoms with Crippen LogP contribution in [-0.2, 0) is 10.0 Å². The van der Waals surface area contributed by atoms with Crippen molar-refractivity contribution in [2.24, 2.45) is 0 Å². The third-order valence-corrected chi connectivity index (χ3v) is 4.65. The van der Waals surface area contributed by atoms with Crippen LogP contribution in [0.5, 0.6) is 0 Å². The van der Waals surface area contributed by atoms with Crippen molar-refractivity contribution in [2.75, 3.05) is 45.8 Å². The highest BCUT2D eigenvalue weighted by molar-refractivity contribution is 7.89. The van der Waals surface area contributed by atoms with Crippen LogP contribution in [0.4, 0.5) is 11.4 Å². The topological polar surface area (TPSA) is 78.7 Å². The molecule has 1 aromatic rings.